The average Bonchev–Trinajstić information content (AvgIpc) is 2.74. The van der Waals surface area contributed by atoms with Gasteiger partial charge < -0.3 is 11.1 Å². The molecule has 3 N–H and O–H groups in total. The molecule has 1 heterocycles. The number of aromatic nitrogens is 1. The zero-order valence-electron chi connectivity index (χ0n) is 9.65. The number of hydrogen-bond donors (Lipinski definition) is 2. The lowest BCUT2D eigenvalue weighted by Gasteiger charge is -2.03. The summed E-state index contributed by atoms with van der Waals surface area (Å²) in [5.74, 6) is -0.411. The van der Waals surface area contributed by atoms with Crippen LogP contribution in [0, 0.1) is 5.82 Å². The molecule has 6 heteroatoms. The third-order valence-corrected chi connectivity index (χ3v) is 3.75. The van der Waals surface area contributed by atoms with Crippen molar-refractivity contribution in [3.8, 4) is 0 Å². The van der Waals surface area contributed by atoms with E-state index in [0.29, 0.717) is 21.5 Å². The molecule has 0 spiro atoms. The molecule has 3 aromatic rings. The van der Waals surface area contributed by atoms with Crippen molar-refractivity contribution in [2.24, 2.45) is 0 Å². The van der Waals surface area contributed by atoms with Gasteiger partial charge in [0.1, 0.15) is 5.82 Å². The minimum Gasteiger partial charge on any atom is -0.399 e. The smallest absolute Gasteiger partial charge is 0.188 e. The lowest BCUT2D eigenvalue weighted by atomic mass is 10.3. The summed E-state index contributed by atoms with van der Waals surface area (Å²) in [6, 6.07) is 9.93. The molecule has 0 saturated carbocycles. The monoisotopic (exact) mass is 293 g/mol. The summed E-state index contributed by atoms with van der Waals surface area (Å²) in [7, 11) is 0. The second kappa shape index (κ2) is 4.68. The van der Waals surface area contributed by atoms with Gasteiger partial charge >= 0.3 is 0 Å². The van der Waals surface area contributed by atoms with Crippen molar-refractivity contribution in [1.29, 1.82) is 0 Å². The van der Waals surface area contributed by atoms with Gasteiger partial charge in [0.05, 0.1) is 15.9 Å². The molecular weight excluding hydrogens is 285 g/mol. The van der Waals surface area contributed by atoms with Crippen LogP contribution in [0.4, 0.5) is 20.9 Å². The number of nitrogens with zero attached hydrogens (tertiary/aromatic N) is 1. The number of rotatable bonds is 2. The summed E-state index contributed by atoms with van der Waals surface area (Å²) in [6.07, 6.45) is 0. The van der Waals surface area contributed by atoms with E-state index in [1.807, 2.05) is 12.1 Å². The second-order valence-corrected chi connectivity index (χ2v) is 5.46. The van der Waals surface area contributed by atoms with E-state index in [1.165, 1.54) is 17.4 Å². The normalized spacial score (nSPS) is 10.8. The lowest BCUT2D eigenvalue weighted by molar-refractivity contribution is 0.632. The Morgan fingerprint density at radius 1 is 1.21 bits per heavy atom. The van der Waals surface area contributed by atoms with Gasteiger partial charge in [-0.25, -0.2) is 9.37 Å². The highest BCUT2D eigenvalue weighted by molar-refractivity contribution is 7.22. The molecule has 3 rings (SSSR count). The first-order valence-electron chi connectivity index (χ1n) is 5.50. The molecule has 96 valence electrons. The van der Waals surface area contributed by atoms with E-state index in [9.17, 15) is 4.39 Å². The molecule has 2 aromatic carbocycles. The Kier molecular flexibility index (Phi) is 3.00. The fourth-order valence-electron chi connectivity index (χ4n) is 1.70. The highest BCUT2D eigenvalue weighted by Gasteiger charge is 2.07. The molecule has 0 aliphatic carbocycles. The maximum atomic E-state index is 13.7. The summed E-state index contributed by atoms with van der Waals surface area (Å²) in [5, 5.41) is 3.92. The van der Waals surface area contributed by atoms with Gasteiger partial charge in [-0.05, 0) is 36.4 Å². The average molecular weight is 294 g/mol. The van der Waals surface area contributed by atoms with Crippen molar-refractivity contribution >= 4 is 49.7 Å². The van der Waals surface area contributed by atoms with Crippen LogP contribution in [0.25, 0.3) is 10.2 Å². The minimum absolute atomic E-state index is 0.344. The van der Waals surface area contributed by atoms with Crippen molar-refractivity contribution in [3.63, 3.8) is 0 Å². The van der Waals surface area contributed by atoms with Crippen molar-refractivity contribution in [2.75, 3.05) is 11.1 Å². The highest BCUT2D eigenvalue weighted by atomic mass is 35.5. The van der Waals surface area contributed by atoms with Gasteiger partial charge in [0.2, 0.25) is 0 Å². The van der Waals surface area contributed by atoms with Crippen LogP contribution in [0.1, 0.15) is 0 Å². The van der Waals surface area contributed by atoms with Crippen LogP contribution in [-0.4, -0.2) is 4.98 Å². The molecule has 3 nitrogen and oxygen atoms in total. The molecule has 0 bridgehead atoms. The van der Waals surface area contributed by atoms with Gasteiger partial charge in [-0.2, -0.15) is 0 Å². The molecule has 0 unspecified atom stereocenters. The molecule has 0 aliphatic rings. The zero-order valence-corrected chi connectivity index (χ0v) is 11.2. The van der Waals surface area contributed by atoms with Gasteiger partial charge in [0.25, 0.3) is 0 Å². The van der Waals surface area contributed by atoms with Crippen LogP contribution in [-0.2, 0) is 0 Å². The number of fused-ring (bicyclic) bond motifs is 1. The molecule has 0 radical (unpaired) electrons. The van der Waals surface area contributed by atoms with E-state index in [1.54, 1.807) is 18.2 Å². The fourth-order valence-corrected chi connectivity index (χ4v) is 2.79. The fraction of sp³-hybridized carbons (Fsp3) is 0. The largest absolute Gasteiger partial charge is 0.399 e. The molecule has 0 amide bonds. The summed E-state index contributed by atoms with van der Waals surface area (Å²) >= 11 is 7.12. The van der Waals surface area contributed by atoms with E-state index < -0.39 is 5.82 Å². The minimum atomic E-state index is -0.411. The zero-order chi connectivity index (χ0) is 13.4. The number of thiazole rings is 1. The van der Waals surface area contributed by atoms with Gasteiger partial charge in [-0.15, -0.1) is 0 Å². The number of nitrogen functional groups attached to an aromatic ring is 1. The van der Waals surface area contributed by atoms with Crippen LogP contribution >= 0.6 is 22.9 Å². The van der Waals surface area contributed by atoms with Gasteiger partial charge in [-0.3, -0.25) is 0 Å². The molecule has 0 saturated heterocycles. The van der Waals surface area contributed by atoms with E-state index in [2.05, 4.69) is 10.3 Å². The molecule has 1 aromatic heterocycles. The predicted molar refractivity (Wildman–Crippen MR) is 78.7 cm³/mol. The van der Waals surface area contributed by atoms with E-state index in [4.69, 9.17) is 17.3 Å². The number of hydrogen-bond acceptors (Lipinski definition) is 4. The topological polar surface area (TPSA) is 50.9 Å². The van der Waals surface area contributed by atoms with Gasteiger partial charge in [-0.1, -0.05) is 22.9 Å². The maximum absolute atomic E-state index is 13.7. The Labute approximate surface area is 117 Å². The van der Waals surface area contributed by atoms with Crippen LogP contribution in [0.2, 0.25) is 5.02 Å². The van der Waals surface area contributed by atoms with E-state index in [0.717, 1.165) is 10.2 Å². The molecule has 0 fully saturated rings. The van der Waals surface area contributed by atoms with Crippen LogP contribution in [0.5, 0.6) is 0 Å². The number of benzene rings is 2. The third kappa shape index (κ3) is 2.47. The van der Waals surface area contributed by atoms with Crippen molar-refractivity contribution in [2.45, 2.75) is 0 Å². The summed E-state index contributed by atoms with van der Waals surface area (Å²) in [4.78, 5) is 4.36. The summed E-state index contributed by atoms with van der Waals surface area (Å²) in [5.41, 5.74) is 7.56. The Morgan fingerprint density at radius 3 is 2.84 bits per heavy atom. The van der Waals surface area contributed by atoms with Gasteiger partial charge in [0, 0.05) is 10.7 Å². The first kappa shape index (κ1) is 12.2. The number of nitrogens with two attached hydrogens (primary N) is 1. The Bertz CT molecular complexity index is 757. The second-order valence-electron chi connectivity index (χ2n) is 4.00. The lowest BCUT2D eigenvalue weighted by Crippen LogP contribution is -1.92. The van der Waals surface area contributed by atoms with Crippen LogP contribution in [0.3, 0.4) is 0 Å². The molecular formula is C13H9ClFN3S. The number of nitrogens with one attached hydrogen (secondary N) is 1. The first-order chi connectivity index (χ1) is 9.11. The third-order valence-electron chi connectivity index (χ3n) is 2.59. The Morgan fingerprint density at radius 2 is 2.05 bits per heavy atom. The van der Waals surface area contributed by atoms with Crippen LogP contribution < -0.4 is 11.1 Å². The highest BCUT2D eigenvalue weighted by Crippen LogP contribution is 2.30. The first-order valence-corrected chi connectivity index (χ1v) is 6.69. The molecule has 0 aliphatic heterocycles. The Hall–Kier alpha value is -1.85. The predicted octanol–water partition coefficient (Wildman–Crippen LogP) is 4.41. The van der Waals surface area contributed by atoms with E-state index >= 15 is 0 Å². The maximum Gasteiger partial charge on any atom is 0.188 e. The van der Waals surface area contributed by atoms with E-state index in [-0.39, 0.29) is 0 Å². The van der Waals surface area contributed by atoms with Gasteiger partial charge in [0.15, 0.2) is 5.13 Å². The SMILES string of the molecule is Nc1ccc2nc(Nc3ccc(Cl)cc3F)sc2c1. The quantitative estimate of drug-likeness (QED) is 0.688. The Balaban J connectivity index is 1.96. The standard InChI is InChI=1S/C13H9ClFN3S/c14-7-1-3-10(9(15)5-7)17-13-18-11-4-2-8(16)6-12(11)19-13/h1-6H,16H2,(H,17,18). The summed E-state index contributed by atoms with van der Waals surface area (Å²) in [6.45, 7) is 0. The molecule has 19 heavy (non-hydrogen) atoms. The number of halogens is 2. The van der Waals surface area contributed by atoms with Crippen molar-refractivity contribution in [3.05, 3.63) is 47.2 Å². The molecule has 0 atom stereocenters. The summed E-state index contributed by atoms with van der Waals surface area (Å²) < 4.78 is 14.6. The van der Waals surface area contributed by atoms with Crippen molar-refractivity contribution in [1.82, 2.24) is 4.98 Å². The van der Waals surface area contributed by atoms with Crippen molar-refractivity contribution < 1.29 is 4.39 Å². The number of anilines is 3. The van der Waals surface area contributed by atoms with Crippen LogP contribution in [0.15, 0.2) is 36.4 Å².